The second kappa shape index (κ2) is 6.52. The van der Waals surface area contributed by atoms with Crippen molar-refractivity contribution < 1.29 is 9.90 Å². The highest BCUT2D eigenvalue weighted by molar-refractivity contribution is 5.84. The Kier molecular flexibility index (Phi) is 5.00. The van der Waals surface area contributed by atoms with Crippen molar-refractivity contribution in [3.63, 3.8) is 0 Å². The highest BCUT2D eigenvalue weighted by atomic mass is 16.3. The van der Waals surface area contributed by atoms with Gasteiger partial charge in [0.05, 0.1) is 6.21 Å². The van der Waals surface area contributed by atoms with Gasteiger partial charge in [0.15, 0.2) is 0 Å². The SMILES string of the molecule is CCN(CC)C(=O)N/N=C/c1ccccc1O. The Labute approximate surface area is 101 Å². The van der Waals surface area contributed by atoms with Gasteiger partial charge in [-0.1, -0.05) is 12.1 Å². The monoisotopic (exact) mass is 235 g/mol. The van der Waals surface area contributed by atoms with Crippen LogP contribution in [0.15, 0.2) is 29.4 Å². The Morgan fingerprint density at radius 3 is 2.65 bits per heavy atom. The summed E-state index contributed by atoms with van der Waals surface area (Å²) in [7, 11) is 0. The van der Waals surface area contributed by atoms with Crippen LogP contribution in [-0.2, 0) is 0 Å². The summed E-state index contributed by atoms with van der Waals surface area (Å²) in [5.41, 5.74) is 2.97. The molecule has 0 heterocycles. The molecule has 0 bridgehead atoms. The van der Waals surface area contributed by atoms with Crippen molar-refractivity contribution in [2.45, 2.75) is 13.8 Å². The van der Waals surface area contributed by atoms with Crippen molar-refractivity contribution >= 4 is 12.2 Å². The molecule has 0 saturated carbocycles. The van der Waals surface area contributed by atoms with Crippen LogP contribution in [0, 0.1) is 0 Å². The minimum Gasteiger partial charge on any atom is -0.507 e. The van der Waals surface area contributed by atoms with Gasteiger partial charge < -0.3 is 10.0 Å². The molecule has 0 radical (unpaired) electrons. The number of hydrogen-bond acceptors (Lipinski definition) is 3. The third kappa shape index (κ3) is 3.79. The van der Waals surface area contributed by atoms with Crippen LogP contribution < -0.4 is 5.43 Å². The maximum atomic E-state index is 11.5. The molecule has 0 unspecified atom stereocenters. The van der Waals surface area contributed by atoms with Crippen molar-refractivity contribution in [1.29, 1.82) is 0 Å². The molecule has 5 nitrogen and oxygen atoms in total. The number of phenolic OH excluding ortho intramolecular Hbond substituents is 1. The van der Waals surface area contributed by atoms with E-state index in [4.69, 9.17) is 0 Å². The fourth-order valence-electron chi connectivity index (χ4n) is 1.34. The van der Waals surface area contributed by atoms with Gasteiger partial charge in [0.1, 0.15) is 5.75 Å². The first-order valence-corrected chi connectivity index (χ1v) is 5.55. The summed E-state index contributed by atoms with van der Waals surface area (Å²) < 4.78 is 0. The molecular formula is C12H17N3O2. The normalized spacial score (nSPS) is 10.5. The average Bonchev–Trinajstić information content (AvgIpc) is 2.33. The third-order valence-corrected chi connectivity index (χ3v) is 2.35. The van der Waals surface area contributed by atoms with Crippen molar-refractivity contribution in [3.05, 3.63) is 29.8 Å². The zero-order chi connectivity index (χ0) is 12.7. The standard InChI is InChI=1S/C12H17N3O2/c1-3-15(4-2)12(17)14-13-9-10-7-5-6-8-11(10)16/h5-9,16H,3-4H2,1-2H3,(H,14,17)/b13-9+. The molecule has 2 amide bonds. The first kappa shape index (κ1) is 13.0. The Morgan fingerprint density at radius 2 is 2.06 bits per heavy atom. The molecule has 2 N–H and O–H groups in total. The summed E-state index contributed by atoms with van der Waals surface area (Å²) in [5.74, 6) is 0.133. The summed E-state index contributed by atoms with van der Waals surface area (Å²) in [6.45, 7) is 5.06. The zero-order valence-corrected chi connectivity index (χ0v) is 10.1. The Bertz CT molecular complexity index is 400. The third-order valence-electron chi connectivity index (χ3n) is 2.35. The number of amides is 2. The van der Waals surface area contributed by atoms with Crippen molar-refractivity contribution in [2.24, 2.45) is 5.10 Å². The van der Waals surface area contributed by atoms with Crippen LogP contribution >= 0.6 is 0 Å². The van der Waals surface area contributed by atoms with E-state index in [1.54, 1.807) is 29.2 Å². The largest absolute Gasteiger partial charge is 0.507 e. The number of carbonyl (C=O) groups is 1. The number of nitrogens with one attached hydrogen (secondary N) is 1. The molecule has 0 aliphatic heterocycles. The fourth-order valence-corrected chi connectivity index (χ4v) is 1.34. The number of rotatable bonds is 4. The van der Waals surface area contributed by atoms with Crippen molar-refractivity contribution in [2.75, 3.05) is 13.1 Å². The van der Waals surface area contributed by atoms with Gasteiger partial charge in [-0.3, -0.25) is 0 Å². The number of hydrogen-bond donors (Lipinski definition) is 2. The maximum Gasteiger partial charge on any atom is 0.337 e. The number of urea groups is 1. The van der Waals surface area contributed by atoms with Gasteiger partial charge in [-0.2, -0.15) is 5.10 Å². The van der Waals surface area contributed by atoms with E-state index in [-0.39, 0.29) is 11.8 Å². The molecular weight excluding hydrogens is 218 g/mol. The lowest BCUT2D eigenvalue weighted by molar-refractivity contribution is 0.204. The predicted octanol–water partition coefficient (Wildman–Crippen LogP) is 1.78. The highest BCUT2D eigenvalue weighted by Gasteiger charge is 2.06. The Hall–Kier alpha value is -2.04. The molecule has 1 aromatic rings. The van der Waals surface area contributed by atoms with E-state index in [9.17, 15) is 9.90 Å². The number of carbonyl (C=O) groups excluding carboxylic acids is 1. The van der Waals surface area contributed by atoms with Crippen LogP contribution in [-0.4, -0.2) is 35.3 Å². The maximum absolute atomic E-state index is 11.5. The highest BCUT2D eigenvalue weighted by Crippen LogP contribution is 2.12. The summed E-state index contributed by atoms with van der Waals surface area (Å²) in [4.78, 5) is 13.1. The van der Waals surface area contributed by atoms with Crippen molar-refractivity contribution in [3.8, 4) is 5.75 Å². The topological polar surface area (TPSA) is 64.9 Å². The van der Waals surface area contributed by atoms with E-state index in [1.165, 1.54) is 6.21 Å². The van der Waals surface area contributed by atoms with Crippen LogP contribution in [0.5, 0.6) is 5.75 Å². The van der Waals surface area contributed by atoms with Gasteiger partial charge in [0.2, 0.25) is 0 Å². The lowest BCUT2D eigenvalue weighted by Crippen LogP contribution is -2.37. The summed E-state index contributed by atoms with van der Waals surface area (Å²) in [6.07, 6.45) is 1.41. The summed E-state index contributed by atoms with van der Waals surface area (Å²) in [6, 6.07) is 6.53. The molecule has 0 fully saturated rings. The van der Waals surface area contributed by atoms with E-state index in [2.05, 4.69) is 10.5 Å². The molecule has 1 aromatic carbocycles. The Balaban J connectivity index is 2.56. The van der Waals surface area contributed by atoms with Gasteiger partial charge in [0, 0.05) is 18.7 Å². The number of aromatic hydroxyl groups is 1. The molecule has 0 saturated heterocycles. The van der Waals surface area contributed by atoms with Crippen LogP contribution in [0.2, 0.25) is 0 Å². The average molecular weight is 235 g/mol. The second-order valence-corrected chi connectivity index (χ2v) is 3.41. The molecule has 17 heavy (non-hydrogen) atoms. The second-order valence-electron chi connectivity index (χ2n) is 3.41. The van der Waals surface area contributed by atoms with E-state index in [0.29, 0.717) is 18.7 Å². The van der Waals surface area contributed by atoms with E-state index in [1.807, 2.05) is 13.8 Å². The molecule has 0 spiro atoms. The minimum atomic E-state index is -0.248. The van der Waals surface area contributed by atoms with Gasteiger partial charge in [-0.05, 0) is 26.0 Å². The number of hydrazone groups is 1. The smallest absolute Gasteiger partial charge is 0.337 e. The molecule has 5 heteroatoms. The van der Waals surface area contributed by atoms with Crippen LogP contribution in [0.1, 0.15) is 19.4 Å². The van der Waals surface area contributed by atoms with Gasteiger partial charge in [-0.25, -0.2) is 10.2 Å². The quantitative estimate of drug-likeness (QED) is 0.617. The van der Waals surface area contributed by atoms with Gasteiger partial charge in [-0.15, -0.1) is 0 Å². The summed E-state index contributed by atoms with van der Waals surface area (Å²) in [5, 5.41) is 13.3. The minimum absolute atomic E-state index is 0.133. The van der Waals surface area contributed by atoms with Gasteiger partial charge >= 0.3 is 6.03 Å². The Morgan fingerprint density at radius 1 is 1.41 bits per heavy atom. The number of nitrogens with zero attached hydrogens (tertiary/aromatic N) is 2. The lowest BCUT2D eigenvalue weighted by Gasteiger charge is -2.16. The van der Waals surface area contributed by atoms with E-state index >= 15 is 0 Å². The van der Waals surface area contributed by atoms with Crippen LogP contribution in [0.3, 0.4) is 0 Å². The lowest BCUT2D eigenvalue weighted by atomic mass is 10.2. The molecule has 0 aromatic heterocycles. The molecule has 92 valence electrons. The predicted molar refractivity (Wildman–Crippen MR) is 67.2 cm³/mol. The molecule has 0 aliphatic carbocycles. The molecule has 0 atom stereocenters. The zero-order valence-electron chi connectivity index (χ0n) is 10.1. The first-order chi connectivity index (χ1) is 8.19. The molecule has 1 rings (SSSR count). The fraction of sp³-hybridized carbons (Fsp3) is 0.333. The number of phenols is 1. The van der Waals surface area contributed by atoms with E-state index < -0.39 is 0 Å². The van der Waals surface area contributed by atoms with Crippen LogP contribution in [0.25, 0.3) is 0 Å². The number of benzene rings is 1. The first-order valence-electron chi connectivity index (χ1n) is 5.55. The van der Waals surface area contributed by atoms with Crippen LogP contribution in [0.4, 0.5) is 4.79 Å². The summed E-state index contributed by atoms with van der Waals surface area (Å²) >= 11 is 0. The molecule has 0 aliphatic rings. The van der Waals surface area contributed by atoms with E-state index in [0.717, 1.165) is 0 Å². The van der Waals surface area contributed by atoms with Crippen molar-refractivity contribution in [1.82, 2.24) is 10.3 Å². The van der Waals surface area contributed by atoms with Gasteiger partial charge in [0.25, 0.3) is 0 Å². The number of para-hydroxylation sites is 1.